The van der Waals surface area contributed by atoms with Crippen molar-refractivity contribution in [2.24, 2.45) is 0 Å². The van der Waals surface area contributed by atoms with E-state index >= 15 is 0 Å². The van der Waals surface area contributed by atoms with Gasteiger partial charge in [-0.15, -0.1) is 0 Å². The van der Waals surface area contributed by atoms with Gasteiger partial charge >= 0.3 is 6.18 Å². The summed E-state index contributed by atoms with van der Waals surface area (Å²) in [5.74, 6) is 0.170. The fourth-order valence-electron chi connectivity index (χ4n) is 2.55. The molecule has 0 bridgehead atoms. The molecule has 0 aliphatic rings. The minimum absolute atomic E-state index is 0.102. The van der Waals surface area contributed by atoms with Crippen LogP contribution in [0.1, 0.15) is 21.5 Å². The molecule has 1 N–H and O–H groups in total. The standard InChI is InChI=1S/C21H17F3N2O3/c1-28-18-6-5-17(12-19(18)29-13-14-7-9-25-10-8-14)26-20(27)15-3-2-4-16(11-15)21(22,23)24/h2-12H,13H2,1H3,(H,26,27). The number of halogens is 3. The molecule has 1 heterocycles. The first-order valence-electron chi connectivity index (χ1n) is 8.55. The van der Waals surface area contributed by atoms with Gasteiger partial charge in [-0.2, -0.15) is 13.2 Å². The molecule has 0 atom stereocenters. The summed E-state index contributed by atoms with van der Waals surface area (Å²) in [4.78, 5) is 16.3. The minimum atomic E-state index is -4.52. The molecule has 3 aromatic rings. The van der Waals surface area contributed by atoms with E-state index in [4.69, 9.17) is 9.47 Å². The molecule has 8 heteroatoms. The summed E-state index contributed by atoms with van der Waals surface area (Å²) in [6, 6.07) is 12.5. The van der Waals surface area contributed by atoms with Gasteiger partial charge in [-0.25, -0.2) is 0 Å². The topological polar surface area (TPSA) is 60.5 Å². The van der Waals surface area contributed by atoms with Crippen molar-refractivity contribution in [3.05, 3.63) is 83.7 Å². The van der Waals surface area contributed by atoms with Gasteiger partial charge in [-0.05, 0) is 48.0 Å². The van der Waals surface area contributed by atoms with Gasteiger partial charge in [0.05, 0.1) is 12.7 Å². The van der Waals surface area contributed by atoms with Crippen LogP contribution in [0.25, 0.3) is 0 Å². The first-order chi connectivity index (χ1) is 13.9. The van der Waals surface area contributed by atoms with E-state index in [1.807, 2.05) is 0 Å². The highest BCUT2D eigenvalue weighted by molar-refractivity contribution is 6.04. The molecule has 0 unspecified atom stereocenters. The Labute approximate surface area is 165 Å². The number of amides is 1. The Morgan fingerprint density at radius 2 is 1.79 bits per heavy atom. The average molecular weight is 402 g/mol. The van der Waals surface area contributed by atoms with Crippen LogP contribution >= 0.6 is 0 Å². The van der Waals surface area contributed by atoms with Crippen molar-refractivity contribution in [2.75, 3.05) is 12.4 Å². The number of hydrogen-bond donors (Lipinski definition) is 1. The Morgan fingerprint density at radius 1 is 1.03 bits per heavy atom. The lowest BCUT2D eigenvalue weighted by atomic mass is 10.1. The molecule has 0 saturated heterocycles. The summed E-state index contributed by atoms with van der Waals surface area (Å²) in [5.41, 5.74) is 0.259. The van der Waals surface area contributed by atoms with Crippen molar-refractivity contribution >= 4 is 11.6 Å². The smallest absolute Gasteiger partial charge is 0.416 e. The highest BCUT2D eigenvalue weighted by atomic mass is 19.4. The van der Waals surface area contributed by atoms with Crippen LogP contribution in [0.4, 0.5) is 18.9 Å². The Bertz CT molecular complexity index is 992. The van der Waals surface area contributed by atoms with E-state index in [1.165, 1.54) is 19.2 Å². The Morgan fingerprint density at radius 3 is 2.48 bits per heavy atom. The summed E-state index contributed by atoms with van der Waals surface area (Å²) >= 11 is 0. The van der Waals surface area contributed by atoms with Crippen molar-refractivity contribution in [1.29, 1.82) is 0 Å². The van der Waals surface area contributed by atoms with Gasteiger partial charge in [-0.3, -0.25) is 9.78 Å². The number of anilines is 1. The fraction of sp³-hybridized carbons (Fsp3) is 0.143. The molecule has 2 aromatic carbocycles. The number of alkyl halides is 3. The van der Waals surface area contributed by atoms with Gasteiger partial charge < -0.3 is 14.8 Å². The van der Waals surface area contributed by atoms with Gasteiger partial charge in [0.15, 0.2) is 11.5 Å². The van der Waals surface area contributed by atoms with Crippen LogP contribution in [0.2, 0.25) is 0 Å². The van der Waals surface area contributed by atoms with Crippen molar-refractivity contribution in [1.82, 2.24) is 4.98 Å². The second-order valence-electron chi connectivity index (χ2n) is 6.04. The molecular formula is C21H17F3N2O3. The number of nitrogens with zero attached hydrogens (tertiary/aromatic N) is 1. The zero-order chi connectivity index (χ0) is 20.9. The highest BCUT2D eigenvalue weighted by Crippen LogP contribution is 2.32. The quantitative estimate of drug-likeness (QED) is 0.635. The first kappa shape index (κ1) is 20.2. The van der Waals surface area contributed by atoms with Gasteiger partial charge in [0.2, 0.25) is 0 Å². The molecule has 0 aliphatic carbocycles. The Balaban J connectivity index is 1.76. The summed E-state index contributed by atoms with van der Waals surface area (Å²) in [6.45, 7) is 0.254. The monoisotopic (exact) mass is 402 g/mol. The zero-order valence-corrected chi connectivity index (χ0v) is 15.4. The third-order valence-electron chi connectivity index (χ3n) is 4.02. The number of methoxy groups -OCH3 is 1. The van der Waals surface area contributed by atoms with Gasteiger partial charge in [0.1, 0.15) is 6.61 Å². The number of benzene rings is 2. The van der Waals surface area contributed by atoms with Gasteiger partial charge in [0.25, 0.3) is 5.91 Å². The molecule has 0 spiro atoms. The van der Waals surface area contributed by atoms with Gasteiger partial charge in [-0.1, -0.05) is 6.07 Å². The molecule has 0 aliphatic heterocycles. The molecule has 150 valence electrons. The van der Waals surface area contributed by atoms with Crippen LogP contribution in [-0.2, 0) is 12.8 Å². The normalized spacial score (nSPS) is 11.0. The maximum absolute atomic E-state index is 12.9. The summed E-state index contributed by atoms with van der Waals surface area (Å²) in [5, 5.41) is 2.57. The van der Waals surface area contributed by atoms with E-state index in [9.17, 15) is 18.0 Å². The van der Waals surface area contributed by atoms with Crippen LogP contribution in [-0.4, -0.2) is 18.0 Å². The second-order valence-corrected chi connectivity index (χ2v) is 6.04. The molecule has 0 radical (unpaired) electrons. The number of carbonyl (C=O) groups is 1. The van der Waals surface area contributed by atoms with Crippen LogP contribution in [0.3, 0.4) is 0 Å². The first-order valence-corrected chi connectivity index (χ1v) is 8.55. The third-order valence-corrected chi connectivity index (χ3v) is 4.02. The minimum Gasteiger partial charge on any atom is -0.493 e. The fourth-order valence-corrected chi connectivity index (χ4v) is 2.55. The molecule has 3 rings (SSSR count). The molecule has 1 aromatic heterocycles. The average Bonchev–Trinajstić information content (AvgIpc) is 2.72. The van der Waals surface area contributed by atoms with E-state index in [0.717, 1.165) is 17.7 Å². The summed E-state index contributed by atoms with van der Waals surface area (Å²) < 4.78 is 49.6. The summed E-state index contributed by atoms with van der Waals surface area (Å²) in [6.07, 6.45) is -1.24. The largest absolute Gasteiger partial charge is 0.493 e. The number of ether oxygens (including phenoxy) is 2. The van der Waals surface area contributed by atoms with Gasteiger partial charge in [0, 0.05) is 29.7 Å². The number of hydrogen-bond acceptors (Lipinski definition) is 4. The van der Waals surface area contributed by atoms with E-state index < -0.39 is 17.6 Å². The third kappa shape index (κ3) is 5.25. The maximum Gasteiger partial charge on any atom is 0.416 e. The maximum atomic E-state index is 12.9. The van der Waals surface area contributed by atoms with Crippen LogP contribution in [0.5, 0.6) is 11.5 Å². The van der Waals surface area contributed by atoms with Crippen molar-refractivity contribution < 1.29 is 27.4 Å². The highest BCUT2D eigenvalue weighted by Gasteiger charge is 2.30. The Hall–Kier alpha value is -3.55. The van der Waals surface area contributed by atoms with Crippen molar-refractivity contribution in [3.8, 4) is 11.5 Å². The lowest BCUT2D eigenvalue weighted by molar-refractivity contribution is -0.137. The molecule has 29 heavy (non-hydrogen) atoms. The number of pyridine rings is 1. The zero-order valence-electron chi connectivity index (χ0n) is 15.4. The lowest BCUT2D eigenvalue weighted by Gasteiger charge is -2.13. The molecule has 0 fully saturated rings. The number of aromatic nitrogens is 1. The predicted octanol–water partition coefficient (Wildman–Crippen LogP) is 4.94. The van der Waals surface area contributed by atoms with Crippen molar-refractivity contribution in [3.63, 3.8) is 0 Å². The van der Waals surface area contributed by atoms with Crippen LogP contribution in [0.15, 0.2) is 67.0 Å². The van der Waals surface area contributed by atoms with E-state index in [2.05, 4.69) is 10.3 Å². The molecular weight excluding hydrogens is 385 g/mol. The van der Waals surface area contributed by atoms with E-state index in [0.29, 0.717) is 17.2 Å². The predicted molar refractivity (Wildman–Crippen MR) is 101 cm³/mol. The summed E-state index contributed by atoms with van der Waals surface area (Å²) in [7, 11) is 1.48. The van der Waals surface area contributed by atoms with E-state index in [-0.39, 0.29) is 12.2 Å². The molecule has 5 nitrogen and oxygen atoms in total. The lowest BCUT2D eigenvalue weighted by Crippen LogP contribution is -2.14. The second kappa shape index (κ2) is 8.64. The number of nitrogens with one attached hydrogen (secondary N) is 1. The molecule has 0 saturated carbocycles. The van der Waals surface area contributed by atoms with Crippen molar-refractivity contribution in [2.45, 2.75) is 12.8 Å². The van der Waals surface area contributed by atoms with Crippen LogP contribution in [0, 0.1) is 0 Å². The molecule has 1 amide bonds. The Kier molecular flexibility index (Phi) is 6.01. The number of carbonyl (C=O) groups excluding carboxylic acids is 1. The van der Waals surface area contributed by atoms with Crippen LogP contribution < -0.4 is 14.8 Å². The SMILES string of the molecule is COc1ccc(NC(=O)c2cccc(C(F)(F)F)c2)cc1OCc1ccncc1. The number of rotatable bonds is 6. The van der Waals surface area contributed by atoms with E-state index in [1.54, 1.807) is 42.7 Å².